The standard InChI is InChI=1S/C19H15F2N3O2/c20-18(21)26-17-8-6-15(7-9-17)23-19(25)24-16-5-1-3-13(11-16)14-4-2-10-22-12-14/h1-12,18H,(H2,23,24,25). The molecule has 7 heteroatoms. The lowest BCUT2D eigenvalue weighted by Crippen LogP contribution is -2.19. The van der Waals surface area contributed by atoms with Gasteiger partial charge in [0.1, 0.15) is 5.75 Å². The molecule has 0 aliphatic carbocycles. The summed E-state index contributed by atoms with van der Waals surface area (Å²) in [5, 5.41) is 5.35. The van der Waals surface area contributed by atoms with Gasteiger partial charge in [-0.15, -0.1) is 0 Å². The minimum absolute atomic E-state index is 0.0233. The summed E-state index contributed by atoms with van der Waals surface area (Å²) in [6.45, 7) is -2.89. The van der Waals surface area contributed by atoms with Gasteiger partial charge in [0, 0.05) is 29.3 Å². The Hall–Kier alpha value is -3.48. The van der Waals surface area contributed by atoms with Crippen molar-refractivity contribution >= 4 is 17.4 Å². The first kappa shape index (κ1) is 17.3. The molecule has 0 saturated carbocycles. The van der Waals surface area contributed by atoms with Gasteiger partial charge in [-0.05, 0) is 48.0 Å². The lowest BCUT2D eigenvalue weighted by atomic mass is 10.1. The summed E-state index contributed by atoms with van der Waals surface area (Å²) in [5.74, 6) is 0.0233. The van der Waals surface area contributed by atoms with Gasteiger partial charge in [0.15, 0.2) is 0 Å². The SMILES string of the molecule is O=C(Nc1ccc(OC(F)F)cc1)Nc1cccc(-c2cccnc2)c1. The van der Waals surface area contributed by atoms with E-state index in [-0.39, 0.29) is 5.75 Å². The number of anilines is 2. The van der Waals surface area contributed by atoms with Crippen LogP contribution in [0.25, 0.3) is 11.1 Å². The van der Waals surface area contributed by atoms with E-state index in [4.69, 9.17) is 0 Å². The van der Waals surface area contributed by atoms with Crippen LogP contribution in [0.3, 0.4) is 0 Å². The molecule has 1 aromatic heterocycles. The Morgan fingerprint density at radius 3 is 2.35 bits per heavy atom. The molecule has 5 nitrogen and oxygen atoms in total. The van der Waals surface area contributed by atoms with Gasteiger partial charge in [-0.1, -0.05) is 18.2 Å². The molecule has 0 aliphatic heterocycles. The fraction of sp³-hybridized carbons (Fsp3) is 0.0526. The van der Waals surface area contributed by atoms with Crippen LogP contribution >= 0.6 is 0 Å². The Bertz CT molecular complexity index is 871. The number of halogens is 2. The summed E-state index contributed by atoms with van der Waals surface area (Å²) < 4.78 is 28.5. The van der Waals surface area contributed by atoms with Gasteiger partial charge in [0.25, 0.3) is 0 Å². The molecule has 0 unspecified atom stereocenters. The number of ether oxygens (including phenoxy) is 1. The van der Waals surface area contributed by atoms with Crippen molar-refractivity contribution in [2.75, 3.05) is 10.6 Å². The van der Waals surface area contributed by atoms with E-state index in [2.05, 4.69) is 20.4 Å². The topological polar surface area (TPSA) is 63.2 Å². The number of amides is 2. The quantitative estimate of drug-likeness (QED) is 0.677. The Balaban J connectivity index is 1.63. The highest BCUT2D eigenvalue weighted by Crippen LogP contribution is 2.22. The molecule has 2 aromatic carbocycles. The molecule has 2 N–H and O–H groups in total. The number of carbonyl (C=O) groups is 1. The second kappa shape index (κ2) is 8.06. The number of benzene rings is 2. The van der Waals surface area contributed by atoms with Crippen molar-refractivity contribution in [3.8, 4) is 16.9 Å². The van der Waals surface area contributed by atoms with Gasteiger partial charge in [-0.3, -0.25) is 4.98 Å². The third kappa shape index (κ3) is 4.76. The molecule has 0 atom stereocenters. The molecule has 0 spiro atoms. The lowest BCUT2D eigenvalue weighted by molar-refractivity contribution is -0.0498. The van der Waals surface area contributed by atoms with Crippen molar-refractivity contribution in [2.24, 2.45) is 0 Å². The fourth-order valence-corrected chi connectivity index (χ4v) is 2.32. The zero-order valence-corrected chi connectivity index (χ0v) is 13.5. The summed E-state index contributed by atoms with van der Waals surface area (Å²) in [4.78, 5) is 16.2. The Labute approximate surface area is 148 Å². The maximum Gasteiger partial charge on any atom is 0.387 e. The van der Waals surface area contributed by atoms with E-state index in [1.807, 2.05) is 30.3 Å². The molecule has 3 aromatic rings. The lowest BCUT2D eigenvalue weighted by Gasteiger charge is -2.10. The maximum absolute atomic E-state index is 12.1. The van der Waals surface area contributed by atoms with Gasteiger partial charge in [-0.25, -0.2) is 4.79 Å². The van der Waals surface area contributed by atoms with Crippen LogP contribution in [0.5, 0.6) is 5.75 Å². The molecule has 0 aliphatic rings. The molecule has 0 radical (unpaired) electrons. The smallest absolute Gasteiger partial charge is 0.387 e. The van der Waals surface area contributed by atoms with Crippen molar-refractivity contribution in [2.45, 2.75) is 6.61 Å². The van der Waals surface area contributed by atoms with Gasteiger partial charge in [0.2, 0.25) is 0 Å². The van der Waals surface area contributed by atoms with Crippen LogP contribution in [0, 0.1) is 0 Å². The fourth-order valence-electron chi connectivity index (χ4n) is 2.32. The third-order valence-corrected chi connectivity index (χ3v) is 3.45. The van der Waals surface area contributed by atoms with Crippen molar-refractivity contribution in [3.05, 3.63) is 73.1 Å². The number of hydrogen-bond acceptors (Lipinski definition) is 3. The summed E-state index contributed by atoms with van der Waals surface area (Å²) in [7, 11) is 0. The van der Waals surface area contributed by atoms with Gasteiger partial charge < -0.3 is 15.4 Å². The number of aromatic nitrogens is 1. The number of nitrogens with zero attached hydrogens (tertiary/aromatic N) is 1. The van der Waals surface area contributed by atoms with Crippen molar-refractivity contribution in [1.82, 2.24) is 4.98 Å². The monoisotopic (exact) mass is 355 g/mol. The number of pyridine rings is 1. The van der Waals surface area contributed by atoms with Crippen LogP contribution in [0.2, 0.25) is 0 Å². The second-order valence-electron chi connectivity index (χ2n) is 5.30. The van der Waals surface area contributed by atoms with Crippen molar-refractivity contribution in [1.29, 1.82) is 0 Å². The molecule has 2 amide bonds. The first-order valence-electron chi connectivity index (χ1n) is 7.73. The Morgan fingerprint density at radius 1 is 0.923 bits per heavy atom. The number of rotatable bonds is 5. The van der Waals surface area contributed by atoms with Crippen LogP contribution in [0.4, 0.5) is 25.0 Å². The maximum atomic E-state index is 12.1. The van der Waals surface area contributed by atoms with E-state index >= 15 is 0 Å². The third-order valence-electron chi connectivity index (χ3n) is 3.45. The van der Waals surface area contributed by atoms with Crippen molar-refractivity contribution in [3.63, 3.8) is 0 Å². The molecular formula is C19H15F2N3O2. The molecule has 132 valence electrons. The minimum Gasteiger partial charge on any atom is -0.435 e. The molecule has 0 fully saturated rings. The highest BCUT2D eigenvalue weighted by atomic mass is 19.3. The number of hydrogen-bond donors (Lipinski definition) is 2. The van der Waals surface area contributed by atoms with E-state index in [1.165, 1.54) is 24.3 Å². The average molecular weight is 355 g/mol. The van der Waals surface area contributed by atoms with Crippen molar-refractivity contribution < 1.29 is 18.3 Å². The number of carbonyl (C=O) groups excluding carboxylic acids is 1. The molecule has 26 heavy (non-hydrogen) atoms. The highest BCUT2D eigenvalue weighted by molar-refractivity contribution is 6.00. The molecule has 0 bridgehead atoms. The molecule has 3 rings (SSSR count). The zero-order chi connectivity index (χ0) is 18.4. The first-order chi connectivity index (χ1) is 12.6. The highest BCUT2D eigenvalue weighted by Gasteiger charge is 2.06. The Morgan fingerprint density at radius 2 is 1.65 bits per heavy atom. The van der Waals surface area contributed by atoms with Crippen LogP contribution in [0.1, 0.15) is 0 Å². The summed E-state index contributed by atoms with van der Waals surface area (Å²) in [6, 6.07) is 16.3. The largest absolute Gasteiger partial charge is 0.435 e. The van der Waals surface area contributed by atoms with Crippen LogP contribution in [0.15, 0.2) is 73.1 Å². The van der Waals surface area contributed by atoms with Gasteiger partial charge >= 0.3 is 12.6 Å². The predicted molar refractivity (Wildman–Crippen MR) is 95.4 cm³/mol. The van der Waals surface area contributed by atoms with Gasteiger partial charge in [0.05, 0.1) is 0 Å². The number of nitrogens with one attached hydrogen (secondary N) is 2. The first-order valence-corrected chi connectivity index (χ1v) is 7.73. The normalized spacial score (nSPS) is 10.4. The van der Waals surface area contributed by atoms with Gasteiger partial charge in [-0.2, -0.15) is 8.78 Å². The van der Waals surface area contributed by atoms with Crippen LogP contribution in [-0.4, -0.2) is 17.6 Å². The van der Waals surface area contributed by atoms with E-state index in [0.29, 0.717) is 11.4 Å². The number of alkyl halides is 2. The van der Waals surface area contributed by atoms with E-state index in [9.17, 15) is 13.6 Å². The van der Waals surface area contributed by atoms with Crippen LogP contribution < -0.4 is 15.4 Å². The summed E-state index contributed by atoms with van der Waals surface area (Å²) in [5.41, 5.74) is 2.92. The molecular weight excluding hydrogens is 340 g/mol. The summed E-state index contributed by atoms with van der Waals surface area (Å²) in [6.07, 6.45) is 3.43. The molecule has 1 heterocycles. The van der Waals surface area contributed by atoms with E-state index in [1.54, 1.807) is 18.5 Å². The predicted octanol–water partition coefficient (Wildman–Crippen LogP) is 4.99. The summed E-state index contributed by atoms with van der Waals surface area (Å²) >= 11 is 0. The average Bonchev–Trinajstić information content (AvgIpc) is 2.64. The molecule has 0 saturated heterocycles. The van der Waals surface area contributed by atoms with E-state index in [0.717, 1.165) is 11.1 Å². The second-order valence-corrected chi connectivity index (χ2v) is 5.30. The zero-order valence-electron chi connectivity index (χ0n) is 13.5. The van der Waals surface area contributed by atoms with Crippen LogP contribution in [-0.2, 0) is 0 Å². The Kier molecular flexibility index (Phi) is 5.38. The van der Waals surface area contributed by atoms with E-state index < -0.39 is 12.6 Å². The minimum atomic E-state index is -2.89. The number of urea groups is 1.